The maximum Gasteiger partial charge on any atom is 0.136 e. The first-order valence-electron chi connectivity index (χ1n) is 11.1. The first-order valence-corrected chi connectivity index (χ1v) is 11.1. The molecule has 1 atom stereocenters. The van der Waals surface area contributed by atoms with E-state index in [1.807, 2.05) is 18.5 Å². The van der Waals surface area contributed by atoms with E-state index >= 15 is 0 Å². The lowest BCUT2D eigenvalue weighted by atomic mass is 9.78. The third-order valence-corrected chi connectivity index (χ3v) is 6.81. The molecule has 1 aliphatic carbocycles. The number of piperazine rings is 1. The summed E-state index contributed by atoms with van der Waals surface area (Å²) in [6.45, 7) is 11.0. The molecular weight excluding hydrogens is 360 g/mol. The molecule has 3 aliphatic rings. The van der Waals surface area contributed by atoms with Crippen molar-refractivity contribution >= 4 is 17.6 Å². The summed E-state index contributed by atoms with van der Waals surface area (Å²) in [6.07, 6.45) is 9.58. The average Bonchev–Trinajstić information content (AvgIpc) is 3.14. The number of aromatic nitrogens is 1. The van der Waals surface area contributed by atoms with Crippen LogP contribution in [-0.2, 0) is 0 Å². The summed E-state index contributed by atoms with van der Waals surface area (Å²) < 4.78 is 0. The van der Waals surface area contributed by atoms with Crippen molar-refractivity contribution in [3.63, 3.8) is 0 Å². The van der Waals surface area contributed by atoms with Crippen LogP contribution in [0.3, 0.4) is 0 Å². The van der Waals surface area contributed by atoms with Crippen LogP contribution in [0.15, 0.2) is 29.5 Å². The highest BCUT2D eigenvalue weighted by molar-refractivity contribution is 6.11. The van der Waals surface area contributed by atoms with Crippen molar-refractivity contribution in [2.75, 3.05) is 51.2 Å². The van der Waals surface area contributed by atoms with E-state index in [0.717, 1.165) is 49.2 Å². The number of hydrogen-bond donors (Lipinski definition) is 1. The largest absolute Gasteiger partial charge is 0.404 e. The summed E-state index contributed by atoms with van der Waals surface area (Å²) in [5, 5.41) is 0. The normalized spacial score (nSPS) is 26.0. The Morgan fingerprint density at radius 1 is 1.28 bits per heavy atom. The third-order valence-electron chi connectivity index (χ3n) is 6.81. The molecule has 0 aromatic carbocycles. The molecule has 0 radical (unpaired) electrons. The van der Waals surface area contributed by atoms with Gasteiger partial charge in [-0.15, -0.1) is 0 Å². The quantitative estimate of drug-likeness (QED) is 0.775. The van der Waals surface area contributed by atoms with Gasteiger partial charge in [-0.1, -0.05) is 0 Å². The highest BCUT2D eigenvalue weighted by Gasteiger charge is 2.48. The predicted molar refractivity (Wildman–Crippen MR) is 121 cm³/mol. The van der Waals surface area contributed by atoms with Gasteiger partial charge in [0.25, 0.3) is 0 Å². The minimum atomic E-state index is 0.249. The summed E-state index contributed by atoms with van der Waals surface area (Å²) in [6, 6.07) is 5.11. The maximum absolute atomic E-state index is 5.94. The van der Waals surface area contributed by atoms with Crippen molar-refractivity contribution in [2.24, 2.45) is 16.1 Å². The molecule has 0 amide bonds. The number of anilines is 1. The molecule has 29 heavy (non-hydrogen) atoms. The molecule has 2 aliphatic heterocycles. The van der Waals surface area contributed by atoms with Crippen LogP contribution < -0.4 is 10.6 Å². The van der Waals surface area contributed by atoms with E-state index in [1.54, 1.807) is 6.20 Å². The van der Waals surface area contributed by atoms with Crippen molar-refractivity contribution < 1.29 is 0 Å². The molecule has 0 bridgehead atoms. The number of pyridine rings is 1. The van der Waals surface area contributed by atoms with Crippen LogP contribution in [0.2, 0.25) is 0 Å². The first-order chi connectivity index (χ1) is 14.0. The SMILES string of the molecule is CC(C)N=C/C(=C\N)c1cccnc1N1CCN(C2CCC3(C2)CN(C)C3)CC1. The van der Waals surface area contributed by atoms with Crippen LogP contribution in [0.5, 0.6) is 0 Å². The second kappa shape index (κ2) is 8.44. The number of allylic oxidation sites excluding steroid dienone is 1. The standard InChI is InChI=1S/C23H36N6/c1-18(2)26-15-19(14-24)21-5-4-8-25-22(21)29-11-9-28(10-12-29)20-6-7-23(13-20)16-27(3)17-23/h4-5,8,14-15,18,20H,6-7,9-13,16-17,24H2,1-3H3/b19-14+,26-15?. The molecule has 3 fully saturated rings. The van der Waals surface area contributed by atoms with E-state index in [1.165, 1.54) is 32.4 Å². The fourth-order valence-corrected chi connectivity index (χ4v) is 5.48. The third kappa shape index (κ3) is 4.33. The predicted octanol–water partition coefficient (Wildman–Crippen LogP) is 2.47. The van der Waals surface area contributed by atoms with E-state index in [-0.39, 0.29) is 6.04 Å². The Labute approximate surface area is 175 Å². The van der Waals surface area contributed by atoms with Crippen molar-refractivity contribution in [2.45, 2.75) is 45.2 Å². The molecule has 2 N–H and O–H groups in total. The van der Waals surface area contributed by atoms with Crippen LogP contribution in [0, 0.1) is 5.41 Å². The minimum absolute atomic E-state index is 0.249. The minimum Gasteiger partial charge on any atom is -0.404 e. The maximum atomic E-state index is 5.94. The van der Waals surface area contributed by atoms with Crippen molar-refractivity contribution in [3.8, 4) is 0 Å². The second-order valence-corrected chi connectivity index (χ2v) is 9.46. The van der Waals surface area contributed by atoms with Gasteiger partial charge < -0.3 is 15.5 Å². The number of nitrogens with zero attached hydrogens (tertiary/aromatic N) is 5. The van der Waals surface area contributed by atoms with Gasteiger partial charge in [-0.2, -0.15) is 0 Å². The summed E-state index contributed by atoms with van der Waals surface area (Å²) in [4.78, 5) is 16.9. The van der Waals surface area contributed by atoms with E-state index < -0.39 is 0 Å². The number of nitrogens with two attached hydrogens (primary N) is 1. The summed E-state index contributed by atoms with van der Waals surface area (Å²) in [5.41, 5.74) is 8.58. The number of likely N-dealkylation sites (tertiary alicyclic amines) is 1. The molecule has 4 rings (SSSR count). The van der Waals surface area contributed by atoms with Gasteiger partial charge in [-0.3, -0.25) is 9.89 Å². The molecule has 6 heteroatoms. The molecule has 1 aromatic heterocycles. The molecule has 3 heterocycles. The Kier molecular flexibility index (Phi) is 5.93. The van der Waals surface area contributed by atoms with Gasteiger partial charge in [0.2, 0.25) is 0 Å². The smallest absolute Gasteiger partial charge is 0.136 e. The van der Waals surface area contributed by atoms with Crippen molar-refractivity contribution in [1.82, 2.24) is 14.8 Å². The molecule has 1 unspecified atom stereocenters. The van der Waals surface area contributed by atoms with Crippen LogP contribution in [0.1, 0.15) is 38.7 Å². The highest BCUT2D eigenvalue weighted by Crippen LogP contribution is 2.46. The Morgan fingerprint density at radius 2 is 2.03 bits per heavy atom. The lowest BCUT2D eigenvalue weighted by Crippen LogP contribution is -2.54. The molecule has 2 saturated heterocycles. The monoisotopic (exact) mass is 396 g/mol. The Morgan fingerprint density at radius 3 is 2.69 bits per heavy atom. The number of rotatable bonds is 5. The van der Waals surface area contributed by atoms with Gasteiger partial charge in [-0.25, -0.2) is 4.98 Å². The van der Waals surface area contributed by atoms with Gasteiger partial charge in [0.05, 0.1) is 0 Å². The fraction of sp³-hybridized carbons (Fsp3) is 0.652. The van der Waals surface area contributed by atoms with E-state index in [0.29, 0.717) is 5.41 Å². The van der Waals surface area contributed by atoms with Gasteiger partial charge in [0.15, 0.2) is 0 Å². The van der Waals surface area contributed by atoms with Crippen LogP contribution in [-0.4, -0.2) is 79.4 Å². The van der Waals surface area contributed by atoms with Crippen LogP contribution in [0.4, 0.5) is 5.82 Å². The first kappa shape index (κ1) is 20.4. The van der Waals surface area contributed by atoms with Gasteiger partial charge in [0.1, 0.15) is 5.82 Å². The Balaban J connectivity index is 1.40. The molecule has 1 saturated carbocycles. The van der Waals surface area contributed by atoms with E-state index in [2.05, 4.69) is 46.7 Å². The zero-order valence-corrected chi connectivity index (χ0v) is 18.2. The molecule has 6 nitrogen and oxygen atoms in total. The lowest BCUT2D eigenvalue weighted by Gasteiger charge is -2.47. The lowest BCUT2D eigenvalue weighted by molar-refractivity contribution is 0.0204. The number of aliphatic imine (C=N–C) groups is 1. The molecule has 158 valence electrons. The molecule has 1 aromatic rings. The van der Waals surface area contributed by atoms with Gasteiger partial charge in [-0.05, 0) is 57.7 Å². The van der Waals surface area contributed by atoms with Crippen molar-refractivity contribution in [3.05, 3.63) is 30.1 Å². The topological polar surface area (TPSA) is 61.0 Å². The van der Waals surface area contributed by atoms with Gasteiger partial charge in [0, 0.05) is 81.1 Å². The van der Waals surface area contributed by atoms with E-state index in [4.69, 9.17) is 10.7 Å². The Hall–Kier alpha value is -1.92. The summed E-state index contributed by atoms with van der Waals surface area (Å²) >= 11 is 0. The summed E-state index contributed by atoms with van der Waals surface area (Å²) in [7, 11) is 2.25. The number of hydrogen-bond acceptors (Lipinski definition) is 6. The molecular formula is C23H36N6. The zero-order chi connectivity index (χ0) is 20.4. The van der Waals surface area contributed by atoms with Crippen LogP contribution in [0.25, 0.3) is 5.57 Å². The van der Waals surface area contributed by atoms with Crippen molar-refractivity contribution in [1.29, 1.82) is 0 Å². The zero-order valence-electron chi connectivity index (χ0n) is 18.2. The average molecular weight is 397 g/mol. The second-order valence-electron chi connectivity index (χ2n) is 9.46. The van der Waals surface area contributed by atoms with Gasteiger partial charge >= 0.3 is 0 Å². The highest BCUT2D eigenvalue weighted by atomic mass is 15.3. The summed E-state index contributed by atoms with van der Waals surface area (Å²) in [5.74, 6) is 1.03. The Bertz CT molecular complexity index is 756. The molecule has 1 spiro atoms. The fourth-order valence-electron chi connectivity index (χ4n) is 5.48. The van der Waals surface area contributed by atoms with Crippen LogP contribution >= 0.6 is 0 Å². The van der Waals surface area contributed by atoms with E-state index in [9.17, 15) is 0 Å².